The third-order valence-corrected chi connectivity index (χ3v) is 6.91. The molecule has 3 heterocycles. The number of rotatable bonds is 9. The van der Waals surface area contributed by atoms with Crippen molar-refractivity contribution in [2.45, 2.75) is 55.0 Å². The highest BCUT2D eigenvalue weighted by molar-refractivity contribution is 7.99. The van der Waals surface area contributed by atoms with Crippen LogP contribution in [-0.2, 0) is 17.8 Å². The van der Waals surface area contributed by atoms with Crippen molar-refractivity contribution in [3.05, 3.63) is 36.0 Å². The number of benzene rings is 1. The first-order valence-corrected chi connectivity index (χ1v) is 13.2. The van der Waals surface area contributed by atoms with E-state index in [-0.39, 0.29) is 5.91 Å². The molecule has 9 heteroatoms. The van der Waals surface area contributed by atoms with Crippen LogP contribution in [-0.4, -0.2) is 56.8 Å². The van der Waals surface area contributed by atoms with Gasteiger partial charge in [0.05, 0.1) is 24.5 Å². The first-order valence-electron chi connectivity index (χ1n) is 11.1. The molecular formula is C23H30N6OS2. The third kappa shape index (κ3) is 5.56. The molecule has 170 valence electrons. The van der Waals surface area contributed by atoms with Crippen molar-refractivity contribution in [3.8, 4) is 0 Å². The van der Waals surface area contributed by atoms with Crippen molar-refractivity contribution in [1.29, 1.82) is 0 Å². The second-order valence-corrected chi connectivity index (χ2v) is 10.6. The summed E-state index contributed by atoms with van der Waals surface area (Å²) in [5, 5.41) is 9.84. The van der Waals surface area contributed by atoms with Crippen LogP contribution in [0.2, 0.25) is 0 Å². The fourth-order valence-corrected chi connectivity index (χ4v) is 5.05. The summed E-state index contributed by atoms with van der Waals surface area (Å²) in [6, 6.07) is 8.24. The van der Waals surface area contributed by atoms with Crippen LogP contribution in [0, 0.1) is 0 Å². The summed E-state index contributed by atoms with van der Waals surface area (Å²) >= 11 is 3.37. The predicted molar refractivity (Wildman–Crippen MR) is 133 cm³/mol. The van der Waals surface area contributed by atoms with Crippen LogP contribution in [0.4, 0.5) is 5.82 Å². The Morgan fingerprint density at radius 1 is 1.16 bits per heavy atom. The van der Waals surface area contributed by atoms with Gasteiger partial charge in [-0.3, -0.25) is 4.79 Å². The van der Waals surface area contributed by atoms with E-state index in [0.29, 0.717) is 24.8 Å². The molecule has 1 aromatic carbocycles. The van der Waals surface area contributed by atoms with Gasteiger partial charge in [0, 0.05) is 29.8 Å². The average Bonchev–Trinajstić information content (AvgIpc) is 3.44. The van der Waals surface area contributed by atoms with E-state index < -0.39 is 0 Å². The van der Waals surface area contributed by atoms with Gasteiger partial charge in [-0.2, -0.15) is 5.10 Å². The Balaban J connectivity index is 1.37. The number of fused-ring (bicyclic) bond motifs is 1. The molecule has 0 spiro atoms. The van der Waals surface area contributed by atoms with Gasteiger partial charge in [0.15, 0.2) is 10.8 Å². The van der Waals surface area contributed by atoms with Crippen LogP contribution in [0.25, 0.3) is 11.0 Å². The van der Waals surface area contributed by atoms with E-state index in [9.17, 15) is 4.79 Å². The second-order valence-electron chi connectivity index (χ2n) is 8.17. The number of amides is 1. The molecule has 0 unspecified atom stereocenters. The Morgan fingerprint density at radius 3 is 2.59 bits per heavy atom. The van der Waals surface area contributed by atoms with Crippen molar-refractivity contribution >= 4 is 46.3 Å². The molecule has 32 heavy (non-hydrogen) atoms. The zero-order valence-electron chi connectivity index (χ0n) is 18.9. The topological polar surface area (TPSA) is 75.9 Å². The molecule has 0 radical (unpaired) electrons. The molecule has 1 amide bonds. The largest absolute Gasteiger partial charge is 0.356 e. The highest BCUT2D eigenvalue weighted by atomic mass is 32.2. The Kier molecular flexibility index (Phi) is 7.57. The minimum absolute atomic E-state index is 0.0166. The summed E-state index contributed by atoms with van der Waals surface area (Å²) in [6.45, 7) is 7.49. The van der Waals surface area contributed by atoms with Crippen LogP contribution in [0.5, 0.6) is 0 Å². The summed E-state index contributed by atoms with van der Waals surface area (Å²) in [7, 11) is 0. The lowest BCUT2D eigenvalue weighted by atomic mass is 10.1. The number of hydrogen-bond donors (Lipinski definition) is 1. The number of aromatic nitrogens is 4. The zero-order chi connectivity index (χ0) is 22.5. The third-order valence-electron chi connectivity index (χ3n) is 5.35. The molecular weight excluding hydrogens is 440 g/mol. The molecule has 0 bridgehead atoms. The van der Waals surface area contributed by atoms with Crippen molar-refractivity contribution < 1.29 is 4.79 Å². The van der Waals surface area contributed by atoms with E-state index in [1.807, 2.05) is 41.0 Å². The Morgan fingerprint density at radius 2 is 1.91 bits per heavy atom. The number of carbonyl (C=O) groups excluding carboxylic acids is 1. The summed E-state index contributed by atoms with van der Waals surface area (Å²) in [4.78, 5) is 25.4. The van der Waals surface area contributed by atoms with E-state index in [4.69, 9.17) is 9.97 Å². The quantitative estimate of drug-likeness (QED) is 0.374. The Hall–Kier alpha value is -2.26. The molecule has 1 saturated heterocycles. The molecule has 3 aromatic rings. The fraction of sp³-hybridized carbons (Fsp3) is 0.478. The first-order chi connectivity index (χ1) is 15.5. The highest BCUT2D eigenvalue weighted by Crippen LogP contribution is 2.28. The number of nitrogens with one attached hydrogen (secondary N) is 1. The van der Waals surface area contributed by atoms with E-state index in [1.165, 1.54) is 17.7 Å². The summed E-state index contributed by atoms with van der Waals surface area (Å²) in [5.41, 5.74) is 1.85. The fourth-order valence-electron chi connectivity index (χ4n) is 3.85. The average molecular weight is 471 g/mol. The summed E-state index contributed by atoms with van der Waals surface area (Å²) in [5.74, 6) is 0.995. The second kappa shape index (κ2) is 10.6. The number of nitrogens with zero attached hydrogens (tertiary/aromatic N) is 5. The lowest BCUT2D eigenvalue weighted by Crippen LogP contribution is -2.29. The van der Waals surface area contributed by atoms with Gasteiger partial charge in [-0.05, 0) is 36.8 Å². The van der Waals surface area contributed by atoms with Crippen molar-refractivity contribution in [2.24, 2.45) is 0 Å². The van der Waals surface area contributed by atoms with Gasteiger partial charge in [0.1, 0.15) is 5.82 Å². The minimum atomic E-state index is 0.0166. The Labute approximate surface area is 197 Å². The van der Waals surface area contributed by atoms with Gasteiger partial charge < -0.3 is 10.2 Å². The molecule has 1 aliphatic rings. The molecule has 1 aliphatic heterocycles. The van der Waals surface area contributed by atoms with Gasteiger partial charge >= 0.3 is 0 Å². The Bertz CT molecular complexity index is 1060. The number of thioether (sulfide) groups is 2. The van der Waals surface area contributed by atoms with E-state index in [0.717, 1.165) is 40.7 Å². The van der Waals surface area contributed by atoms with Gasteiger partial charge in [0.25, 0.3) is 0 Å². The van der Waals surface area contributed by atoms with Crippen molar-refractivity contribution in [3.63, 3.8) is 0 Å². The summed E-state index contributed by atoms with van der Waals surface area (Å²) < 4.78 is 1.87. The standard InChI is InChI=1S/C23H30N6OS2/c1-16(2)32-18-8-6-17(7-9-18)14-20(30)24-10-13-29-22-19(15-25-29)21(26-23(27-22)31-3)28-11-4-5-12-28/h6-9,15-16H,4-5,10-14H2,1-3H3,(H,24,30). The number of anilines is 1. The van der Waals surface area contributed by atoms with Crippen LogP contribution >= 0.6 is 23.5 Å². The van der Waals surface area contributed by atoms with Crippen LogP contribution in [0.15, 0.2) is 40.5 Å². The molecule has 4 rings (SSSR count). The number of hydrogen-bond acceptors (Lipinski definition) is 7. The van der Waals surface area contributed by atoms with Gasteiger partial charge in [-0.1, -0.05) is 37.7 Å². The molecule has 2 aromatic heterocycles. The molecule has 0 saturated carbocycles. The van der Waals surface area contributed by atoms with E-state index in [2.05, 4.69) is 41.3 Å². The SMILES string of the molecule is CSc1nc(N2CCCC2)c2cnn(CCNC(=O)Cc3ccc(SC(C)C)cc3)c2n1. The van der Waals surface area contributed by atoms with E-state index in [1.54, 1.807) is 11.8 Å². The smallest absolute Gasteiger partial charge is 0.224 e. The van der Waals surface area contributed by atoms with Gasteiger partial charge in [-0.15, -0.1) is 11.8 Å². The first kappa shape index (κ1) is 22.9. The van der Waals surface area contributed by atoms with Gasteiger partial charge in [0.2, 0.25) is 5.91 Å². The van der Waals surface area contributed by atoms with Crippen LogP contribution < -0.4 is 10.2 Å². The van der Waals surface area contributed by atoms with E-state index >= 15 is 0 Å². The number of carbonyl (C=O) groups is 1. The predicted octanol–water partition coefficient (Wildman–Crippen LogP) is 4.01. The minimum Gasteiger partial charge on any atom is -0.356 e. The van der Waals surface area contributed by atoms with Gasteiger partial charge in [-0.25, -0.2) is 14.6 Å². The molecule has 0 aliphatic carbocycles. The van der Waals surface area contributed by atoms with Crippen LogP contribution in [0.1, 0.15) is 32.3 Å². The molecule has 7 nitrogen and oxygen atoms in total. The lowest BCUT2D eigenvalue weighted by molar-refractivity contribution is -0.120. The van der Waals surface area contributed by atoms with Crippen molar-refractivity contribution in [2.75, 3.05) is 30.8 Å². The van der Waals surface area contributed by atoms with Crippen molar-refractivity contribution in [1.82, 2.24) is 25.1 Å². The normalized spacial score (nSPS) is 13.9. The monoisotopic (exact) mass is 470 g/mol. The lowest BCUT2D eigenvalue weighted by Gasteiger charge is -2.17. The highest BCUT2D eigenvalue weighted by Gasteiger charge is 2.20. The maximum absolute atomic E-state index is 12.4. The molecule has 0 atom stereocenters. The molecule has 1 N–H and O–H groups in total. The molecule has 1 fully saturated rings. The maximum Gasteiger partial charge on any atom is 0.224 e. The maximum atomic E-state index is 12.4. The zero-order valence-corrected chi connectivity index (χ0v) is 20.5. The van der Waals surface area contributed by atoms with Crippen LogP contribution in [0.3, 0.4) is 0 Å². The summed E-state index contributed by atoms with van der Waals surface area (Å²) in [6.07, 6.45) is 6.61.